The van der Waals surface area contributed by atoms with Crippen molar-refractivity contribution in [3.8, 4) is 0 Å². The van der Waals surface area contributed by atoms with E-state index in [1.165, 1.54) is 30.5 Å². The number of nitrogens with two attached hydrogens (primary N) is 1. The largest absolute Gasteiger partial charge is 0.383 e. The quantitative estimate of drug-likeness (QED) is 0.910. The van der Waals surface area contributed by atoms with Crippen molar-refractivity contribution in [1.29, 1.82) is 0 Å². The van der Waals surface area contributed by atoms with Crippen molar-refractivity contribution in [2.45, 2.75) is 4.90 Å². The van der Waals surface area contributed by atoms with Crippen LogP contribution in [0.5, 0.6) is 0 Å². The first kappa shape index (κ1) is 13.6. The van der Waals surface area contributed by atoms with E-state index in [1.54, 1.807) is 0 Å². The van der Waals surface area contributed by atoms with Crippen LogP contribution in [0.2, 0.25) is 5.02 Å². The van der Waals surface area contributed by atoms with Gasteiger partial charge in [-0.2, -0.15) is 0 Å². The molecule has 19 heavy (non-hydrogen) atoms. The Kier molecular flexibility index (Phi) is 3.59. The average molecular weight is 302 g/mol. The van der Waals surface area contributed by atoms with Crippen LogP contribution < -0.4 is 10.5 Å². The van der Waals surface area contributed by atoms with E-state index < -0.39 is 15.8 Å². The normalized spacial score (nSPS) is 11.3. The van der Waals surface area contributed by atoms with Crippen LogP contribution in [0.1, 0.15) is 0 Å². The second kappa shape index (κ2) is 5.02. The molecule has 2 aromatic rings. The minimum atomic E-state index is -4.00. The fourth-order valence-corrected chi connectivity index (χ4v) is 2.71. The zero-order chi connectivity index (χ0) is 14.0. The van der Waals surface area contributed by atoms with E-state index in [0.29, 0.717) is 0 Å². The molecule has 0 saturated carbocycles. The van der Waals surface area contributed by atoms with Crippen molar-refractivity contribution in [1.82, 2.24) is 4.98 Å². The maximum Gasteiger partial charge on any atom is 0.265 e. The van der Waals surface area contributed by atoms with Gasteiger partial charge < -0.3 is 5.73 Å². The molecule has 0 amide bonds. The summed E-state index contributed by atoms with van der Waals surface area (Å²) in [7, 11) is -4.00. The standard InChI is InChI=1S/C11H9ClFN3O2S/c12-7-3-4-9(8(13)6-7)16-19(17,18)10-2-1-5-15-11(10)14/h1-6,16H,(H2,14,15). The fraction of sp³-hybridized carbons (Fsp3) is 0. The van der Waals surface area contributed by atoms with Crippen molar-refractivity contribution in [3.63, 3.8) is 0 Å². The minimum absolute atomic E-state index is 0.163. The van der Waals surface area contributed by atoms with Gasteiger partial charge >= 0.3 is 0 Å². The molecule has 0 saturated heterocycles. The lowest BCUT2D eigenvalue weighted by Gasteiger charge is -2.10. The molecule has 3 N–H and O–H groups in total. The molecular formula is C11H9ClFN3O2S. The van der Waals surface area contributed by atoms with Gasteiger partial charge in [0.15, 0.2) is 0 Å². The number of nitrogens with one attached hydrogen (secondary N) is 1. The van der Waals surface area contributed by atoms with Crippen LogP contribution in [-0.4, -0.2) is 13.4 Å². The van der Waals surface area contributed by atoms with E-state index in [4.69, 9.17) is 17.3 Å². The first-order valence-corrected chi connectivity index (χ1v) is 6.94. The number of halogens is 2. The first-order valence-electron chi connectivity index (χ1n) is 5.08. The van der Waals surface area contributed by atoms with E-state index in [2.05, 4.69) is 9.71 Å². The van der Waals surface area contributed by atoms with Crippen molar-refractivity contribution >= 4 is 33.1 Å². The third-order valence-electron chi connectivity index (χ3n) is 2.26. The van der Waals surface area contributed by atoms with Gasteiger partial charge in [-0.25, -0.2) is 17.8 Å². The Labute approximate surface area is 114 Å². The topological polar surface area (TPSA) is 85.1 Å². The molecule has 0 fully saturated rings. The molecule has 1 aromatic heterocycles. The van der Waals surface area contributed by atoms with Gasteiger partial charge in [-0.3, -0.25) is 4.72 Å². The van der Waals surface area contributed by atoms with Crippen LogP contribution in [-0.2, 0) is 10.0 Å². The predicted molar refractivity (Wildman–Crippen MR) is 70.9 cm³/mol. The van der Waals surface area contributed by atoms with E-state index >= 15 is 0 Å². The predicted octanol–water partition coefficient (Wildman–Crippen LogP) is 2.26. The molecule has 0 spiro atoms. The minimum Gasteiger partial charge on any atom is -0.383 e. The lowest BCUT2D eigenvalue weighted by atomic mass is 10.3. The van der Waals surface area contributed by atoms with E-state index in [1.807, 2.05) is 0 Å². The number of nitrogens with zero attached hydrogens (tertiary/aromatic N) is 1. The summed E-state index contributed by atoms with van der Waals surface area (Å²) < 4.78 is 39.7. The average Bonchev–Trinajstić information content (AvgIpc) is 2.33. The Bertz CT molecular complexity index is 722. The summed E-state index contributed by atoms with van der Waals surface area (Å²) in [6.45, 7) is 0. The zero-order valence-corrected chi connectivity index (χ0v) is 11.0. The third-order valence-corrected chi connectivity index (χ3v) is 3.91. The first-order chi connectivity index (χ1) is 8.90. The zero-order valence-electron chi connectivity index (χ0n) is 9.47. The number of rotatable bonds is 3. The summed E-state index contributed by atoms with van der Waals surface area (Å²) in [5.41, 5.74) is 5.26. The van der Waals surface area contributed by atoms with Gasteiger partial charge in [0.05, 0.1) is 5.69 Å². The highest BCUT2D eigenvalue weighted by atomic mass is 35.5. The fourth-order valence-electron chi connectivity index (χ4n) is 1.40. The van der Waals surface area contributed by atoms with Crippen molar-refractivity contribution in [3.05, 3.63) is 47.4 Å². The van der Waals surface area contributed by atoms with Gasteiger partial charge in [-0.05, 0) is 30.3 Å². The summed E-state index contributed by atoms with van der Waals surface area (Å²) >= 11 is 5.58. The second-order valence-corrected chi connectivity index (χ2v) is 5.70. The number of hydrogen-bond donors (Lipinski definition) is 2. The smallest absolute Gasteiger partial charge is 0.265 e. The highest BCUT2D eigenvalue weighted by molar-refractivity contribution is 7.92. The number of hydrogen-bond acceptors (Lipinski definition) is 4. The molecule has 2 rings (SSSR count). The van der Waals surface area contributed by atoms with E-state index in [-0.39, 0.29) is 21.4 Å². The molecule has 1 heterocycles. The summed E-state index contributed by atoms with van der Waals surface area (Å²) in [5.74, 6) is -0.942. The molecule has 0 aliphatic rings. The molecule has 0 atom stereocenters. The second-order valence-electron chi connectivity index (χ2n) is 3.62. The highest BCUT2D eigenvalue weighted by Crippen LogP contribution is 2.23. The van der Waals surface area contributed by atoms with Gasteiger partial charge in [0, 0.05) is 11.2 Å². The molecule has 5 nitrogen and oxygen atoms in total. The molecule has 0 aliphatic heterocycles. The number of anilines is 2. The Morgan fingerprint density at radius 3 is 2.68 bits per heavy atom. The lowest BCUT2D eigenvalue weighted by Crippen LogP contribution is -2.16. The molecule has 1 aromatic carbocycles. The number of pyridine rings is 1. The molecule has 8 heteroatoms. The molecule has 0 bridgehead atoms. The van der Waals surface area contributed by atoms with Gasteiger partial charge in [-0.1, -0.05) is 11.6 Å². The SMILES string of the molecule is Nc1ncccc1S(=O)(=O)Nc1ccc(Cl)cc1F. The summed E-state index contributed by atoms with van der Waals surface area (Å²) in [6, 6.07) is 6.30. The van der Waals surface area contributed by atoms with E-state index in [9.17, 15) is 12.8 Å². The summed E-state index contributed by atoms with van der Waals surface area (Å²) in [5, 5.41) is 0.168. The Morgan fingerprint density at radius 2 is 2.05 bits per heavy atom. The van der Waals surface area contributed by atoms with E-state index in [0.717, 1.165) is 6.07 Å². The van der Waals surface area contributed by atoms with Crippen LogP contribution >= 0.6 is 11.6 Å². The van der Waals surface area contributed by atoms with Gasteiger partial charge in [0.25, 0.3) is 10.0 Å². The third kappa shape index (κ3) is 2.94. The van der Waals surface area contributed by atoms with Crippen LogP contribution in [0.25, 0.3) is 0 Å². The van der Waals surface area contributed by atoms with Crippen LogP contribution in [0.4, 0.5) is 15.9 Å². The monoisotopic (exact) mass is 301 g/mol. The van der Waals surface area contributed by atoms with Gasteiger partial charge in [0.2, 0.25) is 0 Å². The van der Waals surface area contributed by atoms with Crippen LogP contribution in [0, 0.1) is 5.82 Å². The molecule has 0 unspecified atom stereocenters. The molecule has 0 aliphatic carbocycles. The maximum atomic E-state index is 13.5. The Hall–Kier alpha value is -1.86. The van der Waals surface area contributed by atoms with Crippen molar-refractivity contribution in [2.24, 2.45) is 0 Å². The number of sulfonamides is 1. The van der Waals surface area contributed by atoms with Crippen LogP contribution in [0.15, 0.2) is 41.4 Å². The van der Waals surface area contributed by atoms with Crippen LogP contribution in [0.3, 0.4) is 0 Å². The summed E-state index contributed by atoms with van der Waals surface area (Å²) in [4.78, 5) is 3.45. The maximum absolute atomic E-state index is 13.5. The number of benzene rings is 1. The number of nitrogen functional groups attached to an aromatic ring is 1. The Morgan fingerprint density at radius 1 is 1.32 bits per heavy atom. The van der Waals surface area contributed by atoms with Gasteiger partial charge in [-0.15, -0.1) is 0 Å². The summed E-state index contributed by atoms with van der Waals surface area (Å²) in [6.07, 6.45) is 1.36. The molecule has 0 radical (unpaired) electrons. The van der Waals surface area contributed by atoms with Crippen molar-refractivity contribution in [2.75, 3.05) is 10.5 Å². The Balaban J connectivity index is 2.40. The van der Waals surface area contributed by atoms with Gasteiger partial charge in [0.1, 0.15) is 16.5 Å². The van der Waals surface area contributed by atoms with Crippen molar-refractivity contribution < 1.29 is 12.8 Å². The molecular weight excluding hydrogens is 293 g/mol. The molecule has 100 valence electrons. The lowest BCUT2D eigenvalue weighted by molar-refractivity contribution is 0.598. The number of aromatic nitrogens is 1. The highest BCUT2D eigenvalue weighted by Gasteiger charge is 2.19.